The van der Waals surface area contributed by atoms with Crippen LogP contribution < -0.4 is 4.74 Å². The predicted molar refractivity (Wildman–Crippen MR) is 62.1 cm³/mol. The SMILES string of the molecule is COc1ccc2c(C(C)C(=O)O)ncnc2c1. The number of carboxylic acid groups (broad SMARTS) is 1. The Morgan fingerprint density at radius 1 is 1.41 bits per heavy atom. The highest BCUT2D eigenvalue weighted by molar-refractivity contribution is 5.87. The number of ether oxygens (including phenoxy) is 1. The zero-order valence-electron chi connectivity index (χ0n) is 9.54. The fourth-order valence-corrected chi connectivity index (χ4v) is 1.65. The Morgan fingerprint density at radius 3 is 2.82 bits per heavy atom. The van der Waals surface area contributed by atoms with Gasteiger partial charge in [-0.05, 0) is 19.1 Å². The van der Waals surface area contributed by atoms with Crippen LogP contribution in [0.3, 0.4) is 0 Å². The van der Waals surface area contributed by atoms with Crippen LogP contribution in [0.15, 0.2) is 24.5 Å². The van der Waals surface area contributed by atoms with Crippen LogP contribution in [-0.2, 0) is 4.79 Å². The summed E-state index contributed by atoms with van der Waals surface area (Å²) in [5.74, 6) is -0.875. The Labute approximate surface area is 98.1 Å². The number of rotatable bonds is 3. The Hall–Kier alpha value is -2.17. The largest absolute Gasteiger partial charge is 0.497 e. The van der Waals surface area contributed by atoms with Gasteiger partial charge in [0.15, 0.2) is 0 Å². The molecule has 0 bridgehead atoms. The van der Waals surface area contributed by atoms with Gasteiger partial charge in [0.1, 0.15) is 12.1 Å². The van der Waals surface area contributed by atoms with Crippen LogP contribution in [0, 0.1) is 0 Å². The number of aromatic nitrogens is 2. The molecular weight excluding hydrogens is 220 g/mol. The van der Waals surface area contributed by atoms with Gasteiger partial charge in [-0.1, -0.05) is 0 Å². The van der Waals surface area contributed by atoms with Gasteiger partial charge in [-0.15, -0.1) is 0 Å². The van der Waals surface area contributed by atoms with Crippen molar-refractivity contribution < 1.29 is 14.6 Å². The average molecular weight is 232 g/mol. The van der Waals surface area contributed by atoms with E-state index in [1.54, 1.807) is 32.2 Å². The van der Waals surface area contributed by atoms with Crippen molar-refractivity contribution >= 4 is 16.9 Å². The minimum absolute atomic E-state index is 0.519. The second-order valence-electron chi connectivity index (χ2n) is 3.70. The van der Waals surface area contributed by atoms with Gasteiger partial charge in [-0.25, -0.2) is 9.97 Å². The minimum atomic E-state index is -0.902. The molecule has 0 amide bonds. The van der Waals surface area contributed by atoms with E-state index >= 15 is 0 Å². The molecule has 0 radical (unpaired) electrons. The van der Waals surface area contributed by atoms with Crippen LogP contribution in [0.5, 0.6) is 5.75 Å². The summed E-state index contributed by atoms with van der Waals surface area (Å²) < 4.78 is 5.09. The summed E-state index contributed by atoms with van der Waals surface area (Å²) in [5, 5.41) is 9.75. The lowest BCUT2D eigenvalue weighted by atomic mass is 10.0. The number of carboxylic acids is 1. The number of carbonyl (C=O) groups is 1. The average Bonchev–Trinajstić information content (AvgIpc) is 2.36. The lowest BCUT2D eigenvalue weighted by Gasteiger charge is -2.09. The third-order valence-corrected chi connectivity index (χ3v) is 2.66. The lowest BCUT2D eigenvalue weighted by Crippen LogP contribution is -2.10. The Bertz CT molecular complexity index is 569. The van der Waals surface area contributed by atoms with Crippen molar-refractivity contribution in [2.75, 3.05) is 7.11 Å². The molecule has 5 heteroatoms. The van der Waals surface area contributed by atoms with Crippen molar-refractivity contribution in [3.63, 3.8) is 0 Å². The van der Waals surface area contributed by atoms with E-state index in [-0.39, 0.29) is 0 Å². The molecule has 1 unspecified atom stereocenters. The third kappa shape index (κ3) is 2.04. The number of benzene rings is 1. The van der Waals surface area contributed by atoms with E-state index in [4.69, 9.17) is 9.84 Å². The number of nitrogens with zero attached hydrogens (tertiary/aromatic N) is 2. The quantitative estimate of drug-likeness (QED) is 0.873. The van der Waals surface area contributed by atoms with Crippen LogP contribution in [0.2, 0.25) is 0 Å². The van der Waals surface area contributed by atoms with E-state index in [1.165, 1.54) is 6.33 Å². The minimum Gasteiger partial charge on any atom is -0.497 e. The molecule has 1 heterocycles. The molecule has 5 nitrogen and oxygen atoms in total. The first-order valence-corrected chi connectivity index (χ1v) is 5.15. The second kappa shape index (κ2) is 4.37. The molecule has 17 heavy (non-hydrogen) atoms. The summed E-state index contributed by atoms with van der Waals surface area (Å²) in [6.07, 6.45) is 1.37. The Morgan fingerprint density at radius 2 is 2.18 bits per heavy atom. The highest BCUT2D eigenvalue weighted by Crippen LogP contribution is 2.25. The molecule has 1 aromatic heterocycles. The van der Waals surface area contributed by atoms with Gasteiger partial charge in [0.05, 0.1) is 24.2 Å². The third-order valence-electron chi connectivity index (χ3n) is 2.66. The van der Waals surface area contributed by atoms with Gasteiger partial charge in [-0.2, -0.15) is 0 Å². The summed E-state index contributed by atoms with van der Waals surface area (Å²) >= 11 is 0. The van der Waals surface area contributed by atoms with E-state index in [1.807, 2.05) is 0 Å². The summed E-state index contributed by atoms with van der Waals surface area (Å²) in [6, 6.07) is 5.31. The van der Waals surface area contributed by atoms with Crippen LogP contribution in [-0.4, -0.2) is 28.2 Å². The maximum absolute atomic E-state index is 11.0. The van der Waals surface area contributed by atoms with Crippen molar-refractivity contribution in [1.82, 2.24) is 9.97 Å². The summed E-state index contributed by atoms with van der Waals surface area (Å²) in [6.45, 7) is 1.61. The molecule has 0 saturated heterocycles. The summed E-state index contributed by atoms with van der Waals surface area (Å²) in [7, 11) is 1.57. The molecule has 0 fully saturated rings. The number of methoxy groups -OCH3 is 1. The van der Waals surface area contributed by atoms with Crippen molar-refractivity contribution in [3.05, 3.63) is 30.2 Å². The predicted octanol–water partition coefficient (Wildman–Crippen LogP) is 1.83. The van der Waals surface area contributed by atoms with Crippen LogP contribution in [0.4, 0.5) is 0 Å². The Balaban J connectivity index is 2.62. The monoisotopic (exact) mass is 232 g/mol. The molecule has 88 valence electrons. The number of hydrogen-bond donors (Lipinski definition) is 1. The molecule has 2 aromatic rings. The standard InChI is InChI=1S/C12H12N2O3/c1-7(12(15)16)11-9-4-3-8(17-2)5-10(9)13-6-14-11/h3-7H,1-2H3,(H,15,16). The molecule has 0 aliphatic rings. The molecule has 2 rings (SSSR count). The van der Waals surface area contributed by atoms with Crippen molar-refractivity contribution in [3.8, 4) is 5.75 Å². The van der Waals surface area contributed by atoms with E-state index in [9.17, 15) is 4.79 Å². The van der Waals surface area contributed by atoms with E-state index in [0.29, 0.717) is 17.0 Å². The fraction of sp³-hybridized carbons (Fsp3) is 0.250. The molecule has 0 saturated carbocycles. The molecule has 1 atom stereocenters. The maximum Gasteiger partial charge on any atom is 0.312 e. The molecule has 0 spiro atoms. The fourth-order valence-electron chi connectivity index (χ4n) is 1.65. The molecule has 0 aliphatic heterocycles. The highest BCUT2D eigenvalue weighted by Gasteiger charge is 2.18. The van der Waals surface area contributed by atoms with Crippen LogP contribution in [0.1, 0.15) is 18.5 Å². The van der Waals surface area contributed by atoms with Gasteiger partial charge in [0.25, 0.3) is 0 Å². The molecule has 1 N–H and O–H groups in total. The van der Waals surface area contributed by atoms with Crippen molar-refractivity contribution in [2.45, 2.75) is 12.8 Å². The topological polar surface area (TPSA) is 72.3 Å². The summed E-state index contributed by atoms with van der Waals surface area (Å²) in [4.78, 5) is 19.1. The van der Waals surface area contributed by atoms with E-state index in [0.717, 1.165) is 5.39 Å². The molecular formula is C12H12N2O3. The lowest BCUT2D eigenvalue weighted by molar-refractivity contribution is -0.138. The normalized spacial score (nSPS) is 12.4. The van der Waals surface area contributed by atoms with Crippen LogP contribution >= 0.6 is 0 Å². The smallest absolute Gasteiger partial charge is 0.312 e. The number of aliphatic carboxylic acids is 1. The van der Waals surface area contributed by atoms with Crippen LogP contribution in [0.25, 0.3) is 10.9 Å². The zero-order valence-corrected chi connectivity index (χ0v) is 9.54. The van der Waals surface area contributed by atoms with Gasteiger partial charge < -0.3 is 9.84 Å². The molecule has 0 aliphatic carbocycles. The van der Waals surface area contributed by atoms with E-state index in [2.05, 4.69) is 9.97 Å². The van der Waals surface area contributed by atoms with Crippen molar-refractivity contribution in [1.29, 1.82) is 0 Å². The first-order chi connectivity index (χ1) is 8.13. The zero-order chi connectivity index (χ0) is 12.4. The number of hydrogen-bond acceptors (Lipinski definition) is 4. The van der Waals surface area contributed by atoms with Gasteiger partial charge in [0, 0.05) is 11.5 Å². The Kier molecular flexibility index (Phi) is 2.91. The number of fused-ring (bicyclic) bond motifs is 1. The molecule has 1 aromatic carbocycles. The van der Waals surface area contributed by atoms with E-state index < -0.39 is 11.9 Å². The first-order valence-electron chi connectivity index (χ1n) is 5.15. The van der Waals surface area contributed by atoms with Gasteiger partial charge >= 0.3 is 5.97 Å². The van der Waals surface area contributed by atoms with Gasteiger partial charge in [0.2, 0.25) is 0 Å². The van der Waals surface area contributed by atoms with Gasteiger partial charge in [-0.3, -0.25) is 4.79 Å². The summed E-state index contributed by atoms with van der Waals surface area (Å²) in [5.41, 5.74) is 1.20. The second-order valence-corrected chi connectivity index (χ2v) is 3.70. The maximum atomic E-state index is 11.0. The van der Waals surface area contributed by atoms with Crippen molar-refractivity contribution in [2.24, 2.45) is 0 Å². The highest BCUT2D eigenvalue weighted by atomic mass is 16.5. The first kappa shape index (κ1) is 11.3.